The molecule has 0 saturated carbocycles. The molecule has 33 heavy (non-hydrogen) atoms. The molecule has 0 heterocycles. The predicted molar refractivity (Wildman–Crippen MR) is 127 cm³/mol. The molecule has 0 fully saturated rings. The predicted octanol–water partition coefficient (Wildman–Crippen LogP) is 3.85. The van der Waals surface area contributed by atoms with Crippen molar-refractivity contribution in [3.8, 4) is 0 Å². The molecule has 0 spiro atoms. The van der Waals surface area contributed by atoms with Crippen LogP contribution < -0.4 is 15.4 Å². The Morgan fingerprint density at radius 3 is 2.36 bits per heavy atom. The molecule has 0 saturated heterocycles. The molecular formula is C23H24N4O5S. The first-order chi connectivity index (χ1) is 15.7. The minimum absolute atomic E-state index is 0.00178. The van der Waals surface area contributed by atoms with E-state index in [4.69, 9.17) is 0 Å². The molecule has 0 bridgehead atoms. The van der Waals surface area contributed by atoms with Gasteiger partial charge in [-0.15, -0.1) is 0 Å². The molecule has 10 heteroatoms. The number of nitro benzene ring substituents is 1. The number of benzene rings is 3. The van der Waals surface area contributed by atoms with Gasteiger partial charge in [0.25, 0.3) is 21.6 Å². The fourth-order valence-corrected chi connectivity index (χ4v) is 4.50. The highest BCUT2D eigenvalue weighted by atomic mass is 32.2. The average molecular weight is 469 g/mol. The van der Waals surface area contributed by atoms with Crippen LogP contribution in [0.5, 0.6) is 0 Å². The zero-order valence-electron chi connectivity index (χ0n) is 18.2. The van der Waals surface area contributed by atoms with Crippen LogP contribution in [-0.2, 0) is 10.0 Å². The summed E-state index contributed by atoms with van der Waals surface area (Å²) in [5, 5.41) is 16.5. The van der Waals surface area contributed by atoms with E-state index in [0.717, 1.165) is 5.56 Å². The molecule has 3 N–H and O–H groups in total. The molecule has 172 valence electrons. The van der Waals surface area contributed by atoms with Crippen molar-refractivity contribution in [2.24, 2.45) is 0 Å². The van der Waals surface area contributed by atoms with Gasteiger partial charge in [0.15, 0.2) is 0 Å². The summed E-state index contributed by atoms with van der Waals surface area (Å²) in [5.74, 6) is -0.353. The van der Waals surface area contributed by atoms with Gasteiger partial charge in [0.05, 0.1) is 9.82 Å². The first kappa shape index (κ1) is 23.7. The molecule has 0 atom stereocenters. The van der Waals surface area contributed by atoms with E-state index in [9.17, 15) is 23.3 Å². The maximum Gasteiger partial charge on any atom is 0.269 e. The van der Waals surface area contributed by atoms with E-state index in [0.29, 0.717) is 29.9 Å². The van der Waals surface area contributed by atoms with Crippen LogP contribution in [-0.4, -0.2) is 32.3 Å². The number of aryl methyl sites for hydroxylation is 2. The Balaban J connectivity index is 1.58. The number of anilines is 2. The Kier molecular flexibility index (Phi) is 7.29. The summed E-state index contributed by atoms with van der Waals surface area (Å²) < 4.78 is 28.1. The van der Waals surface area contributed by atoms with Gasteiger partial charge >= 0.3 is 0 Å². The number of carbonyl (C=O) groups excluding carboxylic acids is 1. The number of hydrogen-bond donors (Lipinski definition) is 3. The Morgan fingerprint density at radius 1 is 0.939 bits per heavy atom. The third-order valence-corrected chi connectivity index (χ3v) is 6.35. The van der Waals surface area contributed by atoms with Crippen molar-refractivity contribution in [1.29, 1.82) is 0 Å². The summed E-state index contributed by atoms with van der Waals surface area (Å²) >= 11 is 0. The maximum absolute atomic E-state index is 12.8. The van der Waals surface area contributed by atoms with Gasteiger partial charge in [-0.3, -0.25) is 19.6 Å². The first-order valence-electron chi connectivity index (χ1n) is 10.1. The zero-order chi connectivity index (χ0) is 24.0. The third-order valence-electron chi connectivity index (χ3n) is 4.83. The van der Waals surface area contributed by atoms with Gasteiger partial charge in [-0.1, -0.05) is 18.2 Å². The second-order valence-electron chi connectivity index (χ2n) is 7.44. The molecular weight excluding hydrogens is 444 g/mol. The van der Waals surface area contributed by atoms with Crippen LogP contribution in [0, 0.1) is 24.0 Å². The van der Waals surface area contributed by atoms with Gasteiger partial charge in [0.2, 0.25) is 0 Å². The third kappa shape index (κ3) is 6.30. The number of non-ortho nitro benzene ring substituents is 1. The summed E-state index contributed by atoms with van der Waals surface area (Å²) in [6, 6.07) is 17.4. The summed E-state index contributed by atoms with van der Waals surface area (Å²) in [7, 11) is -3.80. The van der Waals surface area contributed by atoms with Crippen LogP contribution in [0.3, 0.4) is 0 Å². The minimum Gasteiger partial charge on any atom is -0.383 e. The monoisotopic (exact) mass is 468 g/mol. The second-order valence-corrected chi connectivity index (χ2v) is 9.09. The molecule has 1 amide bonds. The van der Waals surface area contributed by atoms with E-state index in [-0.39, 0.29) is 22.2 Å². The number of nitrogens with one attached hydrogen (secondary N) is 3. The van der Waals surface area contributed by atoms with Crippen molar-refractivity contribution in [2.75, 3.05) is 23.1 Å². The summed E-state index contributed by atoms with van der Waals surface area (Å²) in [5.41, 5.74) is 2.75. The molecule has 9 nitrogen and oxygen atoms in total. The lowest BCUT2D eigenvalue weighted by molar-refractivity contribution is -0.384. The van der Waals surface area contributed by atoms with Crippen LogP contribution in [0.1, 0.15) is 21.5 Å². The van der Waals surface area contributed by atoms with Crippen molar-refractivity contribution >= 4 is 33.0 Å². The first-order valence-corrected chi connectivity index (χ1v) is 11.6. The van der Waals surface area contributed by atoms with E-state index in [1.165, 1.54) is 18.2 Å². The molecule has 0 radical (unpaired) electrons. The average Bonchev–Trinajstić information content (AvgIpc) is 2.78. The number of carbonyl (C=O) groups is 1. The van der Waals surface area contributed by atoms with Crippen molar-refractivity contribution < 1.29 is 18.1 Å². The SMILES string of the molecule is Cc1ccc(C)c(S(=O)(=O)Nc2cccc(C(=O)NCCNc3ccc([N+](=O)[O-])cc3)c2)c1. The van der Waals surface area contributed by atoms with Gasteiger partial charge in [0.1, 0.15) is 0 Å². The molecule has 3 rings (SSSR count). The van der Waals surface area contributed by atoms with Crippen LogP contribution in [0.25, 0.3) is 0 Å². The molecule has 0 aromatic heterocycles. The van der Waals surface area contributed by atoms with Gasteiger partial charge in [0, 0.05) is 42.2 Å². The van der Waals surface area contributed by atoms with E-state index in [2.05, 4.69) is 15.4 Å². The van der Waals surface area contributed by atoms with Crippen LogP contribution >= 0.6 is 0 Å². The van der Waals surface area contributed by atoms with E-state index >= 15 is 0 Å². The Bertz CT molecular complexity index is 1270. The van der Waals surface area contributed by atoms with E-state index < -0.39 is 14.9 Å². The van der Waals surface area contributed by atoms with Crippen LogP contribution in [0.15, 0.2) is 71.6 Å². The number of nitro groups is 1. The lowest BCUT2D eigenvalue weighted by Gasteiger charge is -2.12. The van der Waals surface area contributed by atoms with Crippen molar-refractivity contribution in [3.05, 3.63) is 93.5 Å². The fourth-order valence-electron chi connectivity index (χ4n) is 3.12. The fraction of sp³-hybridized carbons (Fsp3) is 0.174. The summed E-state index contributed by atoms with van der Waals surface area (Å²) in [6.45, 7) is 4.25. The lowest BCUT2D eigenvalue weighted by atomic mass is 10.2. The highest BCUT2D eigenvalue weighted by Crippen LogP contribution is 2.21. The molecule has 3 aromatic carbocycles. The highest BCUT2D eigenvalue weighted by Gasteiger charge is 2.18. The van der Waals surface area contributed by atoms with Gasteiger partial charge in [-0.05, 0) is 61.4 Å². The highest BCUT2D eigenvalue weighted by molar-refractivity contribution is 7.92. The largest absolute Gasteiger partial charge is 0.383 e. The smallest absolute Gasteiger partial charge is 0.269 e. The maximum atomic E-state index is 12.8. The summed E-state index contributed by atoms with van der Waals surface area (Å²) in [4.78, 5) is 22.9. The van der Waals surface area contributed by atoms with Gasteiger partial charge in [-0.25, -0.2) is 8.42 Å². The standard InChI is InChI=1S/C23H24N4O5S/c1-16-6-7-17(2)22(14-16)33(31,32)26-20-5-3-4-18(15-20)23(28)25-13-12-24-19-8-10-21(11-9-19)27(29)30/h3-11,14-15,24,26H,12-13H2,1-2H3,(H,25,28). The Labute approximate surface area is 192 Å². The molecule has 0 aliphatic carbocycles. The molecule has 0 unspecified atom stereocenters. The van der Waals surface area contributed by atoms with Crippen molar-refractivity contribution in [2.45, 2.75) is 18.7 Å². The number of amides is 1. The van der Waals surface area contributed by atoms with Crippen molar-refractivity contribution in [3.63, 3.8) is 0 Å². The van der Waals surface area contributed by atoms with Gasteiger partial charge in [-0.2, -0.15) is 0 Å². The van der Waals surface area contributed by atoms with E-state index in [1.807, 2.05) is 13.0 Å². The zero-order valence-corrected chi connectivity index (χ0v) is 19.0. The Hall–Kier alpha value is -3.92. The normalized spacial score (nSPS) is 11.0. The van der Waals surface area contributed by atoms with Crippen molar-refractivity contribution in [1.82, 2.24) is 5.32 Å². The van der Waals surface area contributed by atoms with E-state index in [1.54, 1.807) is 49.4 Å². The minimum atomic E-state index is -3.80. The molecule has 3 aromatic rings. The number of hydrogen-bond acceptors (Lipinski definition) is 6. The van der Waals surface area contributed by atoms with Gasteiger partial charge < -0.3 is 10.6 Å². The number of nitrogens with zero attached hydrogens (tertiary/aromatic N) is 1. The lowest BCUT2D eigenvalue weighted by Crippen LogP contribution is -2.28. The molecule has 0 aliphatic rings. The van der Waals surface area contributed by atoms with Crippen LogP contribution in [0.2, 0.25) is 0 Å². The quantitative estimate of drug-likeness (QED) is 0.248. The Morgan fingerprint density at radius 2 is 1.67 bits per heavy atom. The second kappa shape index (κ2) is 10.1. The topological polar surface area (TPSA) is 130 Å². The number of sulfonamides is 1. The summed E-state index contributed by atoms with van der Waals surface area (Å²) in [6.07, 6.45) is 0. The van der Waals surface area contributed by atoms with Crippen LogP contribution in [0.4, 0.5) is 17.1 Å². The number of rotatable bonds is 9. The molecule has 0 aliphatic heterocycles.